The van der Waals surface area contributed by atoms with Gasteiger partial charge in [0.2, 0.25) is 10.0 Å². The van der Waals surface area contributed by atoms with Gasteiger partial charge in [-0.2, -0.15) is 0 Å². The van der Waals surface area contributed by atoms with Crippen LogP contribution in [-0.4, -0.2) is 19.6 Å². The first kappa shape index (κ1) is 14.6. The van der Waals surface area contributed by atoms with Crippen molar-refractivity contribution in [3.8, 4) is 0 Å². The molecular formula is C11H19NO3S2. The summed E-state index contributed by atoms with van der Waals surface area (Å²) in [6.07, 6.45) is 0.790. The highest BCUT2D eigenvalue weighted by atomic mass is 32.2. The lowest BCUT2D eigenvalue weighted by Gasteiger charge is -2.16. The summed E-state index contributed by atoms with van der Waals surface area (Å²) in [6.45, 7) is 5.71. The Labute approximate surface area is 107 Å². The minimum atomic E-state index is -3.50. The summed E-state index contributed by atoms with van der Waals surface area (Å²) < 4.78 is 26.7. The van der Waals surface area contributed by atoms with Crippen LogP contribution in [0.2, 0.25) is 0 Å². The summed E-state index contributed by atoms with van der Waals surface area (Å²) in [5.74, 6) is 0.437. The number of aliphatic hydroxyl groups excluding tert-OH is 1. The van der Waals surface area contributed by atoms with Crippen molar-refractivity contribution < 1.29 is 13.5 Å². The number of rotatable bonds is 6. The van der Waals surface area contributed by atoms with E-state index in [-0.39, 0.29) is 17.5 Å². The molecule has 1 atom stereocenters. The third kappa shape index (κ3) is 4.06. The third-order valence-electron chi connectivity index (χ3n) is 2.32. The van der Waals surface area contributed by atoms with Crippen LogP contribution in [-0.2, 0) is 16.6 Å². The van der Waals surface area contributed by atoms with Crippen LogP contribution in [0.5, 0.6) is 0 Å². The predicted octanol–water partition coefficient (Wildman–Crippen LogP) is 1.95. The van der Waals surface area contributed by atoms with Gasteiger partial charge in [-0.05, 0) is 30.7 Å². The van der Waals surface area contributed by atoms with Gasteiger partial charge >= 0.3 is 0 Å². The van der Waals surface area contributed by atoms with Gasteiger partial charge < -0.3 is 5.11 Å². The molecule has 0 radical (unpaired) electrons. The molecule has 2 N–H and O–H groups in total. The molecule has 0 aliphatic heterocycles. The average Bonchev–Trinajstić information content (AvgIpc) is 2.62. The predicted molar refractivity (Wildman–Crippen MR) is 69.5 cm³/mol. The van der Waals surface area contributed by atoms with Gasteiger partial charge in [0.05, 0.1) is 11.5 Å². The number of hydrogen-bond acceptors (Lipinski definition) is 4. The molecular weight excluding hydrogens is 258 g/mol. The lowest BCUT2D eigenvalue weighted by Crippen LogP contribution is -2.33. The van der Waals surface area contributed by atoms with Crippen LogP contribution in [0.25, 0.3) is 0 Å². The maximum absolute atomic E-state index is 12.0. The zero-order chi connectivity index (χ0) is 13.1. The number of hydrogen-bond donors (Lipinski definition) is 2. The molecule has 1 aromatic heterocycles. The van der Waals surface area contributed by atoms with Crippen LogP contribution in [0.3, 0.4) is 0 Å². The van der Waals surface area contributed by atoms with Gasteiger partial charge in [0, 0.05) is 10.9 Å². The fourth-order valence-electron chi connectivity index (χ4n) is 1.77. The second kappa shape index (κ2) is 5.95. The maximum Gasteiger partial charge on any atom is 0.242 e. The number of nitrogens with one attached hydrogen (secondary N) is 1. The van der Waals surface area contributed by atoms with Crippen LogP contribution < -0.4 is 4.72 Å². The van der Waals surface area contributed by atoms with Crippen molar-refractivity contribution in [2.45, 2.75) is 44.7 Å². The Morgan fingerprint density at radius 2 is 2.06 bits per heavy atom. The van der Waals surface area contributed by atoms with Crippen molar-refractivity contribution in [1.82, 2.24) is 4.72 Å². The zero-order valence-corrected chi connectivity index (χ0v) is 11.9. The molecule has 1 unspecified atom stereocenters. The van der Waals surface area contributed by atoms with E-state index in [4.69, 9.17) is 5.11 Å². The highest BCUT2D eigenvalue weighted by Gasteiger charge is 2.21. The number of thiophene rings is 1. The Morgan fingerprint density at radius 1 is 1.41 bits per heavy atom. The zero-order valence-electron chi connectivity index (χ0n) is 10.3. The highest BCUT2D eigenvalue weighted by molar-refractivity contribution is 7.89. The minimum absolute atomic E-state index is 0.105. The van der Waals surface area contributed by atoms with E-state index in [0.29, 0.717) is 10.8 Å². The molecule has 0 aliphatic carbocycles. The Kier molecular flexibility index (Phi) is 5.12. The average molecular weight is 277 g/mol. The molecule has 0 aromatic carbocycles. The molecule has 0 amide bonds. The standard InChI is InChI=1S/C11H19NO3S2/c1-8(2)6-9(3)12-17(14,15)11-4-5-16-10(11)7-13/h4-5,8-9,12-13H,6-7H2,1-3H3. The fourth-order valence-corrected chi connectivity index (χ4v) is 4.32. The molecule has 0 fully saturated rings. The second-order valence-electron chi connectivity index (χ2n) is 4.52. The van der Waals surface area contributed by atoms with Crippen molar-refractivity contribution >= 4 is 21.4 Å². The van der Waals surface area contributed by atoms with E-state index >= 15 is 0 Å². The van der Waals surface area contributed by atoms with Gasteiger partial charge in [-0.15, -0.1) is 11.3 Å². The molecule has 6 heteroatoms. The van der Waals surface area contributed by atoms with Crippen LogP contribution in [0, 0.1) is 5.92 Å². The minimum Gasteiger partial charge on any atom is -0.391 e. The summed E-state index contributed by atoms with van der Waals surface area (Å²) in [6, 6.07) is 1.42. The van der Waals surface area contributed by atoms with Gasteiger partial charge in [0.25, 0.3) is 0 Å². The third-order valence-corrected chi connectivity index (χ3v) is 5.03. The van der Waals surface area contributed by atoms with E-state index in [9.17, 15) is 8.42 Å². The number of sulfonamides is 1. The number of aliphatic hydroxyl groups is 1. The maximum atomic E-state index is 12.0. The van der Waals surface area contributed by atoms with Crippen LogP contribution in [0.4, 0.5) is 0 Å². The molecule has 98 valence electrons. The molecule has 0 saturated heterocycles. The van der Waals surface area contributed by atoms with E-state index in [1.807, 2.05) is 6.92 Å². The van der Waals surface area contributed by atoms with Gasteiger partial charge in [-0.1, -0.05) is 13.8 Å². The van der Waals surface area contributed by atoms with Gasteiger partial charge in [0.1, 0.15) is 0 Å². The lowest BCUT2D eigenvalue weighted by molar-refractivity contribution is 0.282. The van der Waals surface area contributed by atoms with Crippen molar-refractivity contribution in [2.75, 3.05) is 0 Å². The Balaban J connectivity index is 2.82. The first-order valence-corrected chi connectivity index (χ1v) is 7.92. The van der Waals surface area contributed by atoms with Crippen LogP contribution in [0.1, 0.15) is 32.1 Å². The highest BCUT2D eigenvalue weighted by Crippen LogP contribution is 2.22. The first-order chi connectivity index (χ1) is 7.86. The molecule has 17 heavy (non-hydrogen) atoms. The summed E-state index contributed by atoms with van der Waals surface area (Å²) in [5, 5.41) is 10.7. The van der Waals surface area contributed by atoms with Crippen molar-refractivity contribution in [3.05, 3.63) is 16.3 Å². The van der Waals surface area contributed by atoms with E-state index in [0.717, 1.165) is 6.42 Å². The summed E-state index contributed by atoms with van der Waals surface area (Å²) in [7, 11) is -3.50. The van der Waals surface area contributed by atoms with Crippen molar-refractivity contribution in [3.63, 3.8) is 0 Å². The van der Waals surface area contributed by atoms with Crippen LogP contribution >= 0.6 is 11.3 Å². The molecule has 1 rings (SSSR count). The fraction of sp³-hybridized carbons (Fsp3) is 0.636. The first-order valence-electron chi connectivity index (χ1n) is 5.56. The SMILES string of the molecule is CC(C)CC(C)NS(=O)(=O)c1ccsc1CO. The topological polar surface area (TPSA) is 66.4 Å². The normalized spacial score (nSPS) is 14.2. The molecule has 1 aromatic rings. The summed E-state index contributed by atoms with van der Waals surface area (Å²) >= 11 is 1.25. The van der Waals surface area contributed by atoms with Gasteiger partial charge in [-0.25, -0.2) is 13.1 Å². The Hall–Kier alpha value is -0.430. The second-order valence-corrected chi connectivity index (χ2v) is 7.20. The van der Waals surface area contributed by atoms with E-state index in [1.165, 1.54) is 17.4 Å². The quantitative estimate of drug-likeness (QED) is 0.835. The van der Waals surface area contributed by atoms with Gasteiger partial charge in [0.15, 0.2) is 0 Å². The lowest BCUT2D eigenvalue weighted by atomic mass is 10.1. The van der Waals surface area contributed by atoms with E-state index < -0.39 is 10.0 Å². The van der Waals surface area contributed by atoms with Crippen LogP contribution in [0.15, 0.2) is 16.3 Å². The van der Waals surface area contributed by atoms with Crippen molar-refractivity contribution in [1.29, 1.82) is 0 Å². The smallest absolute Gasteiger partial charge is 0.242 e. The molecule has 0 bridgehead atoms. The summed E-state index contributed by atoms with van der Waals surface area (Å²) in [4.78, 5) is 0.676. The molecule has 0 spiro atoms. The largest absolute Gasteiger partial charge is 0.391 e. The summed E-state index contributed by atoms with van der Waals surface area (Å²) in [5.41, 5.74) is 0. The molecule has 1 heterocycles. The van der Waals surface area contributed by atoms with E-state index in [1.54, 1.807) is 5.38 Å². The monoisotopic (exact) mass is 277 g/mol. The van der Waals surface area contributed by atoms with E-state index in [2.05, 4.69) is 18.6 Å². The Morgan fingerprint density at radius 3 is 2.59 bits per heavy atom. The molecule has 4 nitrogen and oxygen atoms in total. The van der Waals surface area contributed by atoms with Gasteiger partial charge in [-0.3, -0.25) is 0 Å². The van der Waals surface area contributed by atoms with Crippen molar-refractivity contribution in [2.24, 2.45) is 5.92 Å². The molecule has 0 aliphatic rings. The molecule has 0 saturated carbocycles. The Bertz CT molecular complexity index is 451.